The Labute approximate surface area is 151 Å². The molecule has 5 nitrogen and oxygen atoms in total. The summed E-state index contributed by atoms with van der Waals surface area (Å²) in [5.74, 6) is 0.585. The van der Waals surface area contributed by atoms with Crippen molar-refractivity contribution >= 4 is 16.9 Å². The van der Waals surface area contributed by atoms with Crippen molar-refractivity contribution in [1.82, 2.24) is 20.5 Å². The Bertz CT molecular complexity index is 736. The van der Waals surface area contributed by atoms with Gasteiger partial charge in [-0.1, -0.05) is 12.1 Å². The molecule has 0 aliphatic heterocycles. The first kappa shape index (κ1) is 20.1. The van der Waals surface area contributed by atoms with Gasteiger partial charge in [0.1, 0.15) is 0 Å². The van der Waals surface area contributed by atoms with Crippen molar-refractivity contribution in [1.29, 1.82) is 0 Å². The lowest BCUT2D eigenvalue weighted by Crippen LogP contribution is -2.42. The maximum atomic E-state index is 12.3. The molecule has 0 aliphatic carbocycles. The zero-order valence-electron chi connectivity index (χ0n) is 15.4. The summed E-state index contributed by atoms with van der Waals surface area (Å²) in [6, 6.07) is 6.17. The van der Waals surface area contributed by atoms with Gasteiger partial charge in [0.2, 0.25) is 0 Å². The lowest BCUT2D eigenvalue weighted by molar-refractivity contribution is -0.142. The molecule has 0 fully saturated rings. The first-order chi connectivity index (χ1) is 12.3. The van der Waals surface area contributed by atoms with E-state index in [1.165, 1.54) is 28.5 Å². The Morgan fingerprint density at radius 2 is 1.96 bits per heavy atom. The molecule has 0 bridgehead atoms. The predicted octanol–water partition coefficient (Wildman–Crippen LogP) is 2.68. The van der Waals surface area contributed by atoms with Gasteiger partial charge in [-0.2, -0.15) is 13.2 Å². The van der Waals surface area contributed by atoms with Gasteiger partial charge in [-0.25, -0.2) is 0 Å². The third kappa shape index (κ3) is 5.94. The first-order valence-corrected chi connectivity index (χ1v) is 8.55. The Morgan fingerprint density at radius 3 is 2.65 bits per heavy atom. The number of guanidine groups is 1. The summed E-state index contributed by atoms with van der Waals surface area (Å²) in [5.41, 5.74) is 3.58. The standard InChI is InChI=1S/C18H26F3N5/c1-13-5-4-6-15-16(13)14(11-25-15)7-8-23-17(22-2)24-9-10-26(3)12-18(19,20)21/h4-6,11,25H,7-10,12H2,1-3H3,(H2,22,23,24). The lowest BCUT2D eigenvalue weighted by atomic mass is 10.1. The highest BCUT2D eigenvalue weighted by atomic mass is 19.4. The summed E-state index contributed by atoms with van der Waals surface area (Å²) in [5, 5.41) is 7.48. The number of likely N-dealkylation sites (N-methyl/N-ethyl adjacent to an activating group) is 1. The lowest BCUT2D eigenvalue weighted by Gasteiger charge is -2.19. The molecule has 26 heavy (non-hydrogen) atoms. The van der Waals surface area contributed by atoms with E-state index in [-0.39, 0.29) is 6.54 Å². The van der Waals surface area contributed by atoms with Crippen molar-refractivity contribution < 1.29 is 13.2 Å². The molecule has 8 heteroatoms. The van der Waals surface area contributed by atoms with Crippen LogP contribution in [0.15, 0.2) is 29.4 Å². The van der Waals surface area contributed by atoms with Crippen molar-refractivity contribution in [2.75, 3.05) is 40.3 Å². The van der Waals surface area contributed by atoms with Crippen molar-refractivity contribution in [2.45, 2.75) is 19.5 Å². The van der Waals surface area contributed by atoms with Crippen LogP contribution in [0.4, 0.5) is 13.2 Å². The van der Waals surface area contributed by atoms with E-state index in [0.29, 0.717) is 19.0 Å². The summed E-state index contributed by atoms with van der Waals surface area (Å²) in [7, 11) is 3.09. The highest BCUT2D eigenvalue weighted by Gasteiger charge is 2.28. The number of alkyl halides is 3. The van der Waals surface area contributed by atoms with Gasteiger partial charge in [-0.15, -0.1) is 0 Å². The van der Waals surface area contributed by atoms with Crippen LogP contribution in [0, 0.1) is 6.92 Å². The molecule has 0 amide bonds. The highest BCUT2D eigenvalue weighted by molar-refractivity contribution is 5.86. The van der Waals surface area contributed by atoms with Crippen molar-refractivity contribution in [2.24, 2.45) is 4.99 Å². The fourth-order valence-corrected chi connectivity index (χ4v) is 2.93. The van der Waals surface area contributed by atoms with E-state index in [1.807, 2.05) is 12.3 Å². The fourth-order valence-electron chi connectivity index (χ4n) is 2.93. The van der Waals surface area contributed by atoms with Crippen LogP contribution in [0.2, 0.25) is 0 Å². The molecule has 2 aromatic rings. The molecule has 1 aromatic heterocycles. The molecule has 0 radical (unpaired) electrons. The quantitative estimate of drug-likeness (QED) is 0.520. The second-order valence-electron chi connectivity index (χ2n) is 6.34. The number of nitrogens with zero attached hydrogens (tertiary/aromatic N) is 2. The van der Waals surface area contributed by atoms with Gasteiger partial charge in [0.05, 0.1) is 6.54 Å². The monoisotopic (exact) mass is 369 g/mol. The molecule has 0 atom stereocenters. The number of rotatable bonds is 7. The minimum atomic E-state index is -4.17. The number of aliphatic imine (C=N–C) groups is 1. The number of aromatic amines is 1. The Hall–Kier alpha value is -2.22. The summed E-state index contributed by atoms with van der Waals surface area (Å²) in [6.45, 7) is 2.52. The average Bonchev–Trinajstić information content (AvgIpc) is 2.96. The van der Waals surface area contributed by atoms with Crippen LogP contribution < -0.4 is 10.6 Å². The summed E-state index contributed by atoms with van der Waals surface area (Å²) < 4.78 is 36.9. The van der Waals surface area contributed by atoms with E-state index >= 15 is 0 Å². The minimum Gasteiger partial charge on any atom is -0.361 e. The number of aromatic nitrogens is 1. The zero-order valence-corrected chi connectivity index (χ0v) is 15.4. The van der Waals surface area contributed by atoms with E-state index in [0.717, 1.165) is 11.9 Å². The van der Waals surface area contributed by atoms with Crippen LogP contribution in [-0.4, -0.2) is 62.3 Å². The van der Waals surface area contributed by atoms with Gasteiger partial charge in [-0.05, 0) is 37.6 Å². The van der Waals surface area contributed by atoms with Gasteiger partial charge in [0.15, 0.2) is 5.96 Å². The number of nitrogens with one attached hydrogen (secondary N) is 3. The Kier molecular flexibility index (Phi) is 6.90. The third-order valence-electron chi connectivity index (χ3n) is 4.14. The van der Waals surface area contributed by atoms with E-state index in [2.05, 4.69) is 39.7 Å². The predicted molar refractivity (Wildman–Crippen MR) is 99.7 cm³/mol. The zero-order chi connectivity index (χ0) is 19.2. The molecule has 0 unspecified atom stereocenters. The minimum absolute atomic E-state index is 0.280. The number of hydrogen-bond donors (Lipinski definition) is 3. The Balaban J connectivity index is 1.77. The molecule has 0 spiro atoms. The smallest absolute Gasteiger partial charge is 0.361 e. The largest absolute Gasteiger partial charge is 0.401 e. The van der Waals surface area contributed by atoms with Gasteiger partial charge in [0, 0.05) is 43.8 Å². The molecule has 0 saturated carbocycles. The van der Waals surface area contributed by atoms with E-state index in [9.17, 15) is 13.2 Å². The third-order valence-corrected chi connectivity index (χ3v) is 4.14. The molecule has 0 saturated heterocycles. The molecular formula is C18H26F3N5. The SMILES string of the molecule is CN=C(NCCc1c[nH]c2cccc(C)c12)NCCN(C)CC(F)(F)F. The molecule has 144 valence electrons. The normalized spacial score (nSPS) is 12.8. The molecule has 3 N–H and O–H groups in total. The van der Waals surface area contributed by atoms with Gasteiger partial charge >= 0.3 is 6.18 Å². The first-order valence-electron chi connectivity index (χ1n) is 8.55. The Morgan fingerprint density at radius 1 is 1.23 bits per heavy atom. The van der Waals surface area contributed by atoms with E-state index in [4.69, 9.17) is 0 Å². The number of fused-ring (bicyclic) bond motifs is 1. The molecule has 2 rings (SSSR count). The van der Waals surface area contributed by atoms with Gasteiger partial charge < -0.3 is 15.6 Å². The van der Waals surface area contributed by atoms with Crippen LogP contribution >= 0.6 is 0 Å². The van der Waals surface area contributed by atoms with Crippen LogP contribution in [-0.2, 0) is 6.42 Å². The number of halogens is 3. The highest BCUT2D eigenvalue weighted by Crippen LogP contribution is 2.22. The molecule has 0 aliphatic rings. The maximum absolute atomic E-state index is 12.3. The summed E-state index contributed by atoms with van der Waals surface area (Å²) in [6.07, 6.45) is -1.34. The second kappa shape index (κ2) is 8.93. The second-order valence-corrected chi connectivity index (χ2v) is 6.34. The van der Waals surface area contributed by atoms with E-state index < -0.39 is 12.7 Å². The van der Waals surface area contributed by atoms with Crippen LogP contribution in [0.3, 0.4) is 0 Å². The van der Waals surface area contributed by atoms with Crippen LogP contribution in [0.5, 0.6) is 0 Å². The fraction of sp³-hybridized carbons (Fsp3) is 0.500. The summed E-state index contributed by atoms with van der Waals surface area (Å²) >= 11 is 0. The molecule has 1 heterocycles. The van der Waals surface area contributed by atoms with Crippen LogP contribution in [0.1, 0.15) is 11.1 Å². The van der Waals surface area contributed by atoms with E-state index in [1.54, 1.807) is 7.05 Å². The number of hydrogen-bond acceptors (Lipinski definition) is 2. The maximum Gasteiger partial charge on any atom is 0.401 e. The van der Waals surface area contributed by atoms with Crippen molar-refractivity contribution in [3.05, 3.63) is 35.5 Å². The van der Waals surface area contributed by atoms with Crippen LogP contribution in [0.25, 0.3) is 10.9 Å². The molecular weight excluding hydrogens is 343 g/mol. The number of aryl methyl sites for hydroxylation is 1. The number of benzene rings is 1. The average molecular weight is 369 g/mol. The topological polar surface area (TPSA) is 55.5 Å². The van der Waals surface area contributed by atoms with Crippen molar-refractivity contribution in [3.63, 3.8) is 0 Å². The number of H-pyrrole nitrogens is 1. The summed E-state index contributed by atoms with van der Waals surface area (Å²) in [4.78, 5) is 8.61. The molecule has 1 aromatic carbocycles. The van der Waals surface area contributed by atoms with Crippen molar-refractivity contribution in [3.8, 4) is 0 Å². The van der Waals surface area contributed by atoms with Gasteiger partial charge in [-0.3, -0.25) is 9.89 Å². The van der Waals surface area contributed by atoms with Gasteiger partial charge in [0.25, 0.3) is 0 Å².